The van der Waals surface area contributed by atoms with Gasteiger partial charge in [-0.1, -0.05) is 18.5 Å². The Kier molecular flexibility index (Phi) is 6.45. The Bertz CT molecular complexity index is 1810. The van der Waals surface area contributed by atoms with Crippen LogP contribution in [0.2, 0.25) is 5.02 Å². The quantitative estimate of drug-likeness (QED) is 0.310. The molecular formula is C29H27ClN4O9. The number of fused-ring (bicyclic) bond motifs is 2. The number of nitrogens with one attached hydrogen (secondary N) is 2. The first-order valence-corrected chi connectivity index (χ1v) is 13.5. The highest BCUT2D eigenvalue weighted by Crippen LogP contribution is 2.56. The van der Waals surface area contributed by atoms with Gasteiger partial charge in [-0.25, -0.2) is 0 Å². The number of H-pyrrole nitrogens is 1. The number of phenolic OH excluding ortho intramolecular Hbond substituents is 1. The van der Waals surface area contributed by atoms with Crippen molar-refractivity contribution in [3.63, 3.8) is 0 Å². The maximum absolute atomic E-state index is 14.9. The van der Waals surface area contributed by atoms with E-state index in [2.05, 4.69) is 15.3 Å². The summed E-state index contributed by atoms with van der Waals surface area (Å²) in [5, 5.41) is 13.7. The highest BCUT2D eigenvalue weighted by atomic mass is 35.5. The molecule has 1 aliphatic carbocycles. The fraction of sp³-hybridized carbons (Fsp3) is 0.310. The van der Waals surface area contributed by atoms with Crippen LogP contribution in [0.1, 0.15) is 40.7 Å². The van der Waals surface area contributed by atoms with Crippen LogP contribution in [-0.2, 0) is 4.79 Å². The van der Waals surface area contributed by atoms with Gasteiger partial charge in [0.25, 0.3) is 5.56 Å². The molecule has 14 heteroatoms. The van der Waals surface area contributed by atoms with Gasteiger partial charge >= 0.3 is 0 Å². The van der Waals surface area contributed by atoms with Crippen molar-refractivity contribution in [1.82, 2.24) is 9.97 Å². The second kappa shape index (κ2) is 9.83. The van der Waals surface area contributed by atoms with Crippen LogP contribution in [0.25, 0.3) is 0 Å². The number of nitrogen functional groups attached to an aromatic ring is 1. The molecule has 3 aliphatic rings. The first-order valence-electron chi connectivity index (χ1n) is 13.1. The summed E-state index contributed by atoms with van der Waals surface area (Å²) in [6.07, 6.45) is 0.147. The number of Topliss-reactive ketones (excluding diaryl/α,β-unsaturated/α-hetero) is 2. The van der Waals surface area contributed by atoms with Gasteiger partial charge in [-0.15, -0.1) is 0 Å². The molecule has 13 nitrogen and oxygen atoms in total. The SMILES string of the molecule is COc1cc(C2C3=C(CC(C)C4(Oc5c(Cl)c(OC)cc(OC)c5C4=O)C3=O)Nc3nc(N)[nH]c(=O)c32)cc(OC)c1O. The van der Waals surface area contributed by atoms with Crippen molar-refractivity contribution in [2.75, 3.05) is 39.5 Å². The molecule has 5 N–H and O–H groups in total. The number of ketones is 2. The molecule has 0 radical (unpaired) electrons. The Hall–Kier alpha value is -4.91. The number of benzene rings is 2. The molecule has 2 aromatic carbocycles. The average Bonchev–Trinajstić information content (AvgIpc) is 3.30. The number of aromatic hydroxyl groups is 1. The van der Waals surface area contributed by atoms with Gasteiger partial charge in [-0.2, -0.15) is 4.98 Å². The summed E-state index contributed by atoms with van der Waals surface area (Å²) < 4.78 is 27.8. The predicted octanol–water partition coefficient (Wildman–Crippen LogP) is 3.18. The van der Waals surface area contributed by atoms with Crippen LogP contribution < -0.4 is 40.3 Å². The molecule has 3 aromatic rings. The molecule has 3 heterocycles. The van der Waals surface area contributed by atoms with Gasteiger partial charge in [0.05, 0.1) is 34.0 Å². The Labute approximate surface area is 249 Å². The summed E-state index contributed by atoms with van der Waals surface area (Å²) in [5.41, 5.74) is 4.13. The average molecular weight is 611 g/mol. The van der Waals surface area contributed by atoms with E-state index in [-0.39, 0.29) is 74.4 Å². The molecule has 3 unspecified atom stereocenters. The molecule has 0 amide bonds. The lowest BCUT2D eigenvalue weighted by Gasteiger charge is -2.42. The summed E-state index contributed by atoms with van der Waals surface area (Å²) in [6, 6.07) is 4.41. The lowest BCUT2D eigenvalue weighted by Crippen LogP contribution is -2.58. The number of nitrogens with zero attached hydrogens (tertiary/aromatic N) is 1. The third-order valence-corrected chi connectivity index (χ3v) is 8.54. The number of aromatic nitrogens is 2. The number of hydrogen-bond donors (Lipinski definition) is 4. The first kappa shape index (κ1) is 28.2. The van der Waals surface area contributed by atoms with Crippen LogP contribution in [0.4, 0.5) is 11.8 Å². The van der Waals surface area contributed by atoms with E-state index in [9.17, 15) is 19.5 Å². The number of nitrogens with two attached hydrogens (primary N) is 1. The first-order chi connectivity index (χ1) is 20.5. The number of carbonyl (C=O) groups excluding carboxylic acids is 2. The van der Waals surface area contributed by atoms with Crippen molar-refractivity contribution in [2.24, 2.45) is 5.92 Å². The van der Waals surface area contributed by atoms with Gasteiger partial charge < -0.3 is 39.8 Å². The number of phenols is 1. The van der Waals surface area contributed by atoms with E-state index in [1.165, 1.54) is 46.6 Å². The molecule has 1 aromatic heterocycles. The Morgan fingerprint density at radius 2 is 1.63 bits per heavy atom. The van der Waals surface area contributed by atoms with Gasteiger partial charge in [0.2, 0.25) is 28.9 Å². The lowest BCUT2D eigenvalue weighted by atomic mass is 9.66. The largest absolute Gasteiger partial charge is 0.502 e. The van der Waals surface area contributed by atoms with Crippen LogP contribution >= 0.6 is 11.6 Å². The number of rotatable bonds is 5. The highest BCUT2D eigenvalue weighted by molar-refractivity contribution is 6.36. The van der Waals surface area contributed by atoms with E-state index in [1.807, 2.05) is 0 Å². The van der Waals surface area contributed by atoms with Crippen LogP contribution in [0.3, 0.4) is 0 Å². The smallest absolute Gasteiger partial charge is 0.258 e. The third-order valence-electron chi connectivity index (χ3n) is 8.19. The molecule has 6 rings (SSSR count). The summed E-state index contributed by atoms with van der Waals surface area (Å²) in [6.45, 7) is 1.71. The maximum atomic E-state index is 14.9. The predicted molar refractivity (Wildman–Crippen MR) is 154 cm³/mol. The number of allylic oxidation sites excluding steroid dienone is 1. The number of aromatic amines is 1. The second-order valence-corrected chi connectivity index (χ2v) is 10.7. The van der Waals surface area contributed by atoms with Crippen molar-refractivity contribution < 1.29 is 38.4 Å². The summed E-state index contributed by atoms with van der Waals surface area (Å²) in [5.74, 6) is -3.04. The number of ether oxygens (including phenoxy) is 5. The third kappa shape index (κ3) is 3.77. The molecule has 2 aliphatic heterocycles. The molecule has 224 valence electrons. The van der Waals surface area contributed by atoms with Crippen molar-refractivity contribution >= 4 is 34.9 Å². The van der Waals surface area contributed by atoms with E-state index in [0.717, 1.165) is 0 Å². The second-order valence-electron chi connectivity index (χ2n) is 10.3. The lowest BCUT2D eigenvalue weighted by molar-refractivity contribution is -0.130. The Morgan fingerprint density at radius 3 is 2.23 bits per heavy atom. The summed E-state index contributed by atoms with van der Waals surface area (Å²) >= 11 is 6.58. The molecule has 3 atom stereocenters. The minimum absolute atomic E-state index is 0.0103. The van der Waals surface area contributed by atoms with E-state index in [4.69, 9.17) is 41.0 Å². The molecule has 43 heavy (non-hydrogen) atoms. The van der Waals surface area contributed by atoms with Crippen molar-refractivity contribution in [1.29, 1.82) is 0 Å². The fourth-order valence-electron chi connectivity index (χ4n) is 6.18. The fourth-order valence-corrected chi connectivity index (χ4v) is 6.45. The van der Waals surface area contributed by atoms with E-state index >= 15 is 0 Å². The van der Waals surface area contributed by atoms with E-state index in [0.29, 0.717) is 11.3 Å². The Balaban J connectivity index is 1.61. The van der Waals surface area contributed by atoms with Crippen LogP contribution in [0, 0.1) is 5.92 Å². The molecule has 0 fully saturated rings. The molecular weight excluding hydrogens is 584 g/mol. The number of carbonyl (C=O) groups is 2. The number of methoxy groups -OCH3 is 4. The standard InChI is InChI=1S/C29H27ClN4O9/c1-10-6-12-18(24(36)29(10)25(37)19-13(39-2)9-14(40-3)21(30)23(19)43-29)17(20-26(32-12)33-28(31)34-27(20)38)11-7-15(41-4)22(35)16(8-11)42-5/h7-10,17,35H,6H2,1-5H3,(H4,31,32,33,34,38). The van der Waals surface area contributed by atoms with E-state index in [1.54, 1.807) is 6.92 Å². The van der Waals surface area contributed by atoms with Gasteiger partial charge in [0.15, 0.2) is 17.2 Å². The molecule has 0 bridgehead atoms. The zero-order chi connectivity index (χ0) is 31.0. The normalized spacial score (nSPS) is 21.9. The summed E-state index contributed by atoms with van der Waals surface area (Å²) in [4.78, 5) is 49.4. The van der Waals surface area contributed by atoms with Gasteiger partial charge in [-0.05, 0) is 24.1 Å². The van der Waals surface area contributed by atoms with Gasteiger partial charge in [0.1, 0.15) is 27.9 Å². The van der Waals surface area contributed by atoms with Gasteiger partial charge in [-0.3, -0.25) is 19.4 Å². The van der Waals surface area contributed by atoms with Crippen LogP contribution in [0.5, 0.6) is 34.5 Å². The monoisotopic (exact) mass is 610 g/mol. The minimum Gasteiger partial charge on any atom is -0.502 e. The van der Waals surface area contributed by atoms with Crippen molar-refractivity contribution in [3.05, 3.63) is 61.5 Å². The highest BCUT2D eigenvalue weighted by Gasteiger charge is 2.63. The van der Waals surface area contributed by atoms with Crippen molar-refractivity contribution in [2.45, 2.75) is 24.9 Å². The van der Waals surface area contributed by atoms with Crippen molar-refractivity contribution in [3.8, 4) is 34.5 Å². The number of halogens is 1. The molecule has 1 spiro atoms. The minimum atomic E-state index is -2.04. The molecule has 0 saturated heterocycles. The molecule has 0 saturated carbocycles. The zero-order valence-corrected chi connectivity index (χ0v) is 24.5. The number of anilines is 2. The van der Waals surface area contributed by atoms with E-state index < -0.39 is 34.6 Å². The zero-order valence-electron chi connectivity index (χ0n) is 23.7. The summed E-state index contributed by atoms with van der Waals surface area (Å²) in [7, 11) is 5.48. The maximum Gasteiger partial charge on any atom is 0.258 e. The van der Waals surface area contributed by atoms with Gasteiger partial charge in [0, 0.05) is 29.2 Å². The number of hydrogen-bond acceptors (Lipinski definition) is 12. The van der Waals surface area contributed by atoms with Crippen LogP contribution in [-0.4, -0.2) is 60.7 Å². The topological polar surface area (TPSA) is 184 Å². The van der Waals surface area contributed by atoms with Crippen LogP contribution in [0.15, 0.2) is 34.3 Å². The Morgan fingerprint density at radius 1 is 1.00 bits per heavy atom.